The van der Waals surface area contributed by atoms with Crippen molar-refractivity contribution in [3.63, 3.8) is 0 Å². The van der Waals surface area contributed by atoms with Crippen molar-refractivity contribution in [1.82, 2.24) is 0 Å². The first-order valence-electron chi connectivity index (χ1n) is 7.03. The van der Waals surface area contributed by atoms with E-state index >= 15 is 0 Å². The van der Waals surface area contributed by atoms with Gasteiger partial charge in [-0.25, -0.2) is 0 Å². The van der Waals surface area contributed by atoms with Gasteiger partial charge in [0.05, 0.1) is 12.3 Å². The molecule has 0 aromatic heterocycles. The first-order chi connectivity index (χ1) is 9.72. The van der Waals surface area contributed by atoms with E-state index < -0.39 is 0 Å². The molecule has 0 heterocycles. The fourth-order valence-electron chi connectivity index (χ4n) is 1.86. The molecule has 0 amide bonds. The van der Waals surface area contributed by atoms with Gasteiger partial charge in [-0.15, -0.1) is 0 Å². The van der Waals surface area contributed by atoms with E-state index in [9.17, 15) is 0 Å². The standard InChI is InChI=1S/C18H21NO/c1-4-14(2)13-20-18-11-7-16(8-12-18)15-5-9-17(19-3)10-6-15/h5-12,14H,3-4,13H2,1-2H3. The monoisotopic (exact) mass is 267 g/mol. The Labute approximate surface area is 121 Å². The minimum Gasteiger partial charge on any atom is -0.493 e. The molecule has 0 N–H and O–H groups in total. The average Bonchev–Trinajstić information content (AvgIpc) is 2.53. The van der Waals surface area contributed by atoms with E-state index in [4.69, 9.17) is 4.74 Å². The van der Waals surface area contributed by atoms with E-state index in [0.717, 1.165) is 24.5 Å². The van der Waals surface area contributed by atoms with Crippen molar-refractivity contribution in [2.75, 3.05) is 6.61 Å². The van der Waals surface area contributed by atoms with Crippen LogP contribution in [0.25, 0.3) is 11.1 Å². The van der Waals surface area contributed by atoms with Crippen LogP contribution in [-0.2, 0) is 0 Å². The van der Waals surface area contributed by atoms with Crippen molar-refractivity contribution in [1.29, 1.82) is 0 Å². The number of hydrogen-bond acceptors (Lipinski definition) is 2. The third-order valence-corrected chi connectivity index (χ3v) is 3.47. The third-order valence-electron chi connectivity index (χ3n) is 3.47. The van der Waals surface area contributed by atoms with Crippen molar-refractivity contribution in [3.8, 4) is 16.9 Å². The second kappa shape index (κ2) is 6.90. The maximum Gasteiger partial charge on any atom is 0.119 e. The summed E-state index contributed by atoms with van der Waals surface area (Å²) in [6.45, 7) is 8.67. The van der Waals surface area contributed by atoms with Gasteiger partial charge < -0.3 is 4.74 Å². The van der Waals surface area contributed by atoms with Crippen molar-refractivity contribution < 1.29 is 4.74 Å². The zero-order valence-electron chi connectivity index (χ0n) is 12.2. The lowest BCUT2D eigenvalue weighted by Gasteiger charge is -2.11. The summed E-state index contributed by atoms with van der Waals surface area (Å²) >= 11 is 0. The predicted molar refractivity (Wildman–Crippen MR) is 86.0 cm³/mol. The van der Waals surface area contributed by atoms with Gasteiger partial charge in [0, 0.05) is 0 Å². The summed E-state index contributed by atoms with van der Waals surface area (Å²) in [6.07, 6.45) is 1.14. The van der Waals surface area contributed by atoms with E-state index in [0.29, 0.717) is 5.92 Å². The van der Waals surface area contributed by atoms with Crippen LogP contribution in [0.2, 0.25) is 0 Å². The van der Waals surface area contributed by atoms with Gasteiger partial charge in [-0.2, -0.15) is 0 Å². The summed E-state index contributed by atoms with van der Waals surface area (Å²) in [4.78, 5) is 3.90. The van der Waals surface area contributed by atoms with Crippen LogP contribution in [0.15, 0.2) is 53.5 Å². The van der Waals surface area contributed by atoms with Crippen molar-refractivity contribution in [3.05, 3.63) is 48.5 Å². The first-order valence-corrected chi connectivity index (χ1v) is 7.03. The van der Waals surface area contributed by atoms with Gasteiger partial charge in [-0.1, -0.05) is 44.5 Å². The van der Waals surface area contributed by atoms with Gasteiger partial charge in [0.25, 0.3) is 0 Å². The molecule has 2 heteroatoms. The van der Waals surface area contributed by atoms with Crippen molar-refractivity contribution >= 4 is 12.4 Å². The predicted octanol–water partition coefficient (Wildman–Crippen LogP) is 5.11. The topological polar surface area (TPSA) is 21.6 Å². The summed E-state index contributed by atoms with van der Waals surface area (Å²) in [7, 11) is 0. The molecule has 2 nitrogen and oxygen atoms in total. The van der Waals surface area contributed by atoms with Crippen LogP contribution in [0.4, 0.5) is 5.69 Å². The molecule has 104 valence electrons. The smallest absolute Gasteiger partial charge is 0.119 e. The number of rotatable bonds is 6. The van der Waals surface area contributed by atoms with Gasteiger partial charge in [0.1, 0.15) is 5.75 Å². The SMILES string of the molecule is C=Nc1ccc(-c2ccc(OCC(C)CC)cc2)cc1. The number of hydrogen-bond donors (Lipinski definition) is 0. The van der Waals surface area contributed by atoms with E-state index in [1.54, 1.807) is 0 Å². The summed E-state index contributed by atoms with van der Waals surface area (Å²) in [5.41, 5.74) is 3.24. The second-order valence-corrected chi connectivity index (χ2v) is 5.05. The molecule has 1 atom stereocenters. The molecule has 2 rings (SSSR count). The van der Waals surface area contributed by atoms with Crippen LogP contribution in [0.5, 0.6) is 5.75 Å². The van der Waals surface area contributed by atoms with Crippen LogP contribution in [0.3, 0.4) is 0 Å². The second-order valence-electron chi connectivity index (χ2n) is 5.05. The molecular formula is C18H21NO. The molecule has 20 heavy (non-hydrogen) atoms. The summed E-state index contributed by atoms with van der Waals surface area (Å²) in [5, 5.41) is 0. The lowest BCUT2D eigenvalue weighted by molar-refractivity contribution is 0.256. The zero-order valence-corrected chi connectivity index (χ0v) is 12.2. The lowest BCUT2D eigenvalue weighted by atomic mass is 10.1. The number of benzene rings is 2. The number of aliphatic imine (C=N–C) groups is 1. The fourth-order valence-corrected chi connectivity index (χ4v) is 1.86. The maximum atomic E-state index is 5.76. The molecule has 1 unspecified atom stereocenters. The fraction of sp³-hybridized carbons (Fsp3) is 0.278. The van der Waals surface area contributed by atoms with E-state index in [1.807, 2.05) is 24.3 Å². The lowest BCUT2D eigenvalue weighted by Crippen LogP contribution is -2.06. The van der Waals surface area contributed by atoms with Gasteiger partial charge >= 0.3 is 0 Å². The van der Waals surface area contributed by atoms with Gasteiger partial charge in [-0.3, -0.25) is 4.99 Å². The third kappa shape index (κ3) is 3.70. The molecule has 0 saturated carbocycles. The van der Waals surface area contributed by atoms with Gasteiger partial charge in [-0.05, 0) is 48.0 Å². The Morgan fingerprint density at radius 3 is 2.05 bits per heavy atom. The van der Waals surface area contributed by atoms with E-state index in [2.05, 4.69) is 49.8 Å². The molecule has 0 fully saturated rings. The number of ether oxygens (including phenoxy) is 1. The van der Waals surface area contributed by atoms with Gasteiger partial charge in [0.15, 0.2) is 0 Å². The number of nitrogens with zero attached hydrogens (tertiary/aromatic N) is 1. The Kier molecular flexibility index (Phi) is 4.94. The molecule has 0 aliphatic carbocycles. The van der Waals surface area contributed by atoms with Crippen LogP contribution in [0, 0.1) is 5.92 Å². The highest BCUT2D eigenvalue weighted by Gasteiger charge is 2.02. The van der Waals surface area contributed by atoms with Crippen molar-refractivity contribution in [2.45, 2.75) is 20.3 Å². The minimum absolute atomic E-state index is 0.591. The quantitative estimate of drug-likeness (QED) is 0.666. The molecular weight excluding hydrogens is 246 g/mol. The molecule has 0 aliphatic rings. The molecule has 0 aliphatic heterocycles. The zero-order chi connectivity index (χ0) is 14.4. The highest BCUT2D eigenvalue weighted by molar-refractivity contribution is 5.66. The van der Waals surface area contributed by atoms with Crippen LogP contribution >= 0.6 is 0 Å². The Morgan fingerprint density at radius 1 is 1.00 bits per heavy atom. The first kappa shape index (κ1) is 14.3. The summed E-state index contributed by atoms with van der Waals surface area (Å²) in [6, 6.07) is 16.3. The normalized spacial score (nSPS) is 11.9. The maximum absolute atomic E-state index is 5.76. The average molecular weight is 267 g/mol. The highest BCUT2D eigenvalue weighted by Crippen LogP contribution is 2.24. The minimum atomic E-state index is 0.591. The highest BCUT2D eigenvalue weighted by atomic mass is 16.5. The Hall–Kier alpha value is -2.09. The molecule has 2 aromatic carbocycles. The van der Waals surface area contributed by atoms with Gasteiger partial charge in [0.2, 0.25) is 0 Å². The summed E-state index contributed by atoms with van der Waals surface area (Å²) < 4.78 is 5.76. The van der Waals surface area contributed by atoms with Crippen molar-refractivity contribution in [2.24, 2.45) is 10.9 Å². The largest absolute Gasteiger partial charge is 0.493 e. The molecule has 0 radical (unpaired) electrons. The van der Waals surface area contributed by atoms with Crippen LogP contribution in [-0.4, -0.2) is 13.3 Å². The Balaban J connectivity index is 2.05. The summed E-state index contributed by atoms with van der Waals surface area (Å²) in [5.74, 6) is 1.52. The van der Waals surface area contributed by atoms with Crippen LogP contribution in [0.1, 0.15) is 20.3 Å². The Bertz CT molecular complexity index is 543. The van der Waals surface area contributed by atoms with E-state index in [1.165, 1.54) is 11.1 Å². The molecule has 0 saturated heterocycles. The van der Waals surface area contributed by atoms with Crippen LogP contribution < -0.4 is 4.74 Å². The molecule has 2 aromatic rings. The molecule has 0 spiro atoms. The Morgan fingerprint density at radius 2 is 1.55 bits per heavy atom. The van der Waals surface area contributed by atoms with E-state index in [-0.39, 0.29) is 0 Å². The molecule has 0 bridgehead atoms.